The van der Waals surface area contributed by atoms with Gasteiger partial charge in [-0.2, -0.15) is 17.0 Å². The van der Waals surface area contributed by atoms with Crippen LogP contribution in [-0.2, 0) is 10.2 Å². The summed E-state index contributed by atoms with van der Waals surface area (Å²) in [6.45, 7) is 5.44. The molecule has 16 heavy (non-hydrogen) atoms. The van der Waals surface area contributed by atoms with Crippen molar-refractivity contribution in [2.24, 2.45) is 0 Å². The van der Waals surface area contributed by atoms with Gasteiger partial charge in [-0.25, -0.2) is 0 Å². The van der Waals surface area contributed by atoms with Gasteiger partial charge in [-0.15, -0.1) is 0 Å². The minimum absolute atomic E-state index is 0.370. The normalized spacial score (nSPS) is 26.9. The van der Waals surface area contributed by atoms with Crippen LogP contribution in [0, 0.1) is 0 Å². The van der Waals surface area contributed by atoms with Crippen molar-refractivity contribution >= 4 is 10.2 Å². The van der Waals surface area contributed by atoms with E-state index >= 15 is 0 Å². The van der Waals surface area contributed by atoms with Crippen LogP contribution in [0.25, 0.3) is 0 Å². The van der Waals surface area contributed by atoms with Gasteiger partial charge in [0.05, 0.1) is 12.1 Å². The Hall–Kier alpha value is -0.210. The smallest absolute Gasteiger partial charge is 0.282 e. The molecule has 1 heterocycles. The highest BCUT2D eigenvalue weighted by Gasteiger charge is 2.36. The second kappa shape index (κ2) is 5.42. The maximum atomic E-state index is 12.1. The quantitative estimate of drug-likeness (QED) is 0.646. The third kappa shape index (κ3) is 2.54. The topological polar surface area (TPSA) is 72.9 Å². The van der Waals surface area contributed by atoms with Crippen LogP contribution in [0.1, 0.15) is 13.8 Å². The van der Waals surface area contributed by atoms with Crippen molar-refractivity contribution < 1.29 is 13.5 Å². The van der Waals surface area contributed by atoms with Gasteiger partial charge >= 0.3 is 0 Å². The zero-order chi connectivity index (χ0) is 12.3. The van der Waals surface area contributed by atoms with E-state index in [9.17, 15) is 13.5 Å². The summed E-state index contributed by atoms with van der Waals surface area (Å²) in [5, 5.41) is 12.6. The van der Waals surface area contributed by atoms with Gasteiger partial charge in [-0.1, -0.05) is 13.8 Å². The van der Waals surface area contributed by atoms with Gasteiger partial charge in [0.25, 0.3) is 10.2 Å². The van der Waals surface area contributed by atoms with Crippen LogP contribution in [0.5, 0.6) is 0 Å². The van der Waals surface area contributed by atoms with E-state index in [0.717, 1.165) is 0 Å². The van der Waals surface area contributed by atoms with Crippen LogP contribution >= 0.6 is 0 Å². The van der Waals surface area contributed by atoms with Gasteiger partial charge in [0.1, 0.15) is 0 Å². The molecule has 1 aliphatic heterocycles. The first kappa shape index (κ1) is 13.9. The molecule has 2 N–H and O–H groups in total. The lowest BCUT2D eigenvalue weighted by Crippen LogP contribution is -2.50. The highest BCUT2D eigenvalue weighted by Crippen LogP contribution is 2.14. The molecule has 0 radical (unpaired) electrons. The molecule has 1 fully saturated rings. The Morgan fingerprint density at radius 2 is 1.88 bits per heavy atom. The Labute approximate surface area is 97.4 Å². The van der Waals surface area contributed by atoms with E-state index in [2.05, 4.69) is 5.32 Å². The molecule has 0 aromatic rings. The van der Waals surface area contributed by atoms with E-state index in [1.54, 1.807) is 13.8 Å². The number of hydrogen-bond acceptors (Lipinski definition) is 4. The number of aliphatic hydroxyl groups is 1. The van der Waals surface area contributed by atoms with E-state index in [1.165, 1.54) is 15.7 Å². The molecular formula is C9H21N3O3S. The molecule has 0 aromatic carbocycles. The van der Waals surface area contributed by atoms with Crippen LogP contribution in [0.4, 0.5) is 0 Å². The minimum Gasteiger partial charge on any atom is -0.390 e. The molecule has 0 bridgehead atoms. The molecule has 0 aliphatic carbocycles. The zero-order valence-electron chi connectivity index (χ0n) is 10.0. The van der Waals surface area contributed by atoms with Crippen LogP contribution in [-0.4, -0.2) is 67.5 Å². The predicted molar refractivity (Wildman–Crippen MR) is 62.3 cm³/mol. The number of rotatable bonds is 5. The van der Waals surface area contributed by atoms with Gasteiger partial charge in [-0.3, -0.25) is 0 Å². The Morgan fingerprint density at radius 3 is 2.25 bits per heavy atom. The number of hydrogen-bond donors (Lipinski definition) is 2. The molecule has 0 saturated carbocycles. The maximum absolute atomic E-state index is 12.1. The fourth-order valence-corrected chi connectivity index (χ4v) is 3.50. The van der Waals surface area contributed by atoms with Crippen LogP contribution in [0.3, 0.4) is 0 Å². The van der Waals surface area contributed by atoms with Crippen LogP contribution < -0.4 is 5.32 Å². The molecular weight excluding hydrogens is 230 g/mol. The maximum Gasteiger partial charge on any atom is 0.282 e. The largest absolute Gasteiger partial charge is 0.390 e. The van der Waals surface area contributed by atoms with Gasteiger partial charge in [-0.05, 0) is 0 Å². The summed E-state index contributed by atoms with van der Waals surface area (Å²) in [6, 6.07) is -0.370. The van der Waals surface area contributed by atoms with Gasteiger partial charge in [0.2, 0.25) is 0 Å². The SMILES string of the molecule is CCN(CC)S(=O)(=O)N(C)[C@@H]1CNC[C@H]1O. The summed E-state index contributed by atoms with van der Waals surface area (Å²) in [4.78, 5) is 0. The summed E-state index contributed by atoms with van der Waals surface area (Å²) in [5.41, 5.74) is 0. The average molecular weight is 251 g/mol. The van der Waals surface area contributed by atoms with Crippen molar-refractivity contribution in [1.82, 2.24) is 13.9 Å². The number of nitrogens with one attached hydrogen (secondary N) is 1. The van der Waals surface area contributed by atoms with E-state index in [1.807, 2.05) is 0 Å². The predicted octanol–water partition coefficient (Wildman–Crippen LogP) is -1.16. The highest BCUT2D eigenvalue weighted by molar-refractivity contribution is 7.86. The Balaban J connectivity index is 2.82. The molecule has 0 amide bonds. The third-order valence-electron chi connectivity index (χ3n) is 3.01. The number of likely N-dealkylation sites (N-methyl/N-ethyl adjacent to an activating group) is 1. The number of nitrogens with zero attached hydrogens (tertiary/aromatic N) is 2. The van der Waals surface area contributed by atoms with Crippen LogP contribution in [0.15, 0.2) is 0 Å². The summed E-state index contributed by atoms with van der Waals surface area (Å²) in [5.74, 6) is 0. The molecule has 0 unspecified atom stereocenters. The highest BCUT2D eigenvalue weighted by atomic mass is 32.2. The van der Waals surface area contributed by atoms with Crippen molar-refractivity contribution in [3.63, 3.8) is 0 Å². The van der Waals surface area contributed by atoms with Gasteiger partial charge in [0.15, 0.2) is 0 Å². The van der Waals surface area contributed by atoms with Crippen molar-refractivity contribution in [3.05, 3.63) is 0 Å². The zero-order valence-corrected chi connectivity index (χ0v) is 10.9. The molecule has 1 aliphatic rings. The molecule has 7 heteroatoms. The summed E-state index contributed by atoms with van der Waals surface area (Å²) in [6.07, 6.45) is -0.629. The summed E-state index contributed by atoms with van der Waals surface area (Å²) >= 11 is 0. The molecule has 0 spiro atoms. The van der Waals surface area contributed by atoms with Crippen molar-refractivity contribution in [3.8, 4) is 0 Å². The second-order valence-electron chi connectivity index (χ2n) is 3.90. The molecule has 96 valence electrons. The third-order valence-corrected chi connectivity index (χ3v) is 5.18. The summed E-state index contributed by atoms with van der Waals surface area (Å²) in [7, 11) is -1.93. The minimum atomic E-state index is -3.45. The van der Waals surface area contributed by atoms with E-state index in [-0.39, 0.29) is 6.04 Å². The van der Waals surface area contributed by atoms with Gasteiger partial charge in [0, 0.05) is 33.2 Å². The molecule has 2 atom stereocenters. The lowest BCUT2D eigenvalue weighted by atomic mass is 10.2. The molecule has 0 aromatic heterocycles. The molecule has 6 nitrogen and oxygen atoms in total. The number of aliphatic hydroxyl groups excluding tert-OH is 1. The lowest BCUT2D eigenvalue weighted by molar-refractivity contribution is 0.133. The first-order valence-corrected chi connectivity index (χ1v) is 6.96. The van der Waals surface area contributed by atoms with Crippen molar-refractivity contribution in [1.29, 1.82) is 0 Å². The number of β-amino-alcohol motifs (C(OH)–C–C–N with tert-alkyl or cyclic N) is 1. The summed E-state index contributed by atoms with van der Waals surface area (Å²) < 4.78 is 26.9. The molecule has 1 rings (SSSR count). The monoisotopic (exact) mass is 251 g/mol. The Bertz CT molecular complexity index is 316. The van der Waals surface area contributed by atoms with E-state index < -0.39 is 16.3 Å². The first-order valence-electron chi connectivity index (χ1n) is 5.57. The fourth-order valence-electron chi connectivity index (χ4n) is 1.93. The molecule has 1 saturated heterocycles. The van der Waals surface area contributed by atoms with Crippen LogP contribution in [0.2, 0.25) is 0 Å². The average Bonchev–Trinajstić information content (AvgIpc) is 2.64. The van der Waals surface area contributed by atoms with E-state index in [4.69, 9.17) is 0 Å². The fraction of sp³-hybridized carbons (Fsp3) is 1.00. The standard InChI is InChI=1S/C9H21N3O3S/c1-4-12(5-2)16(14,15)11(3)8-6-10-7-9(8)13/h8-10,13H,4-7H2,1-3H3/t8-,9-/m1/s1. The van der Waals surface area contributed by atoms with Gasteiger partial charge < -0.3 is 10.4 Å². The second-order valence-corrected chi connectivity index (χ2v) is 5.89. The van der Waals surface area contributed by atoms with Crippen molar-refractivity contribution in [2.75, 3.05) is 33.2 Å². The van der Waals surface area contributed by atoms with E-state index in [0.29, 0.717) is 26.2 Å². The first-order chi connectivity index (χ1) is 7.45. The Kier molecular flexibility index (Phi) is 4.69. The van der Waals surface area contributed by atoms with Crippen molar-refractivity contribution in [2.45, 2.75) is 26.0 Å². The lowest BCUT2D eigenvalue weighted by Gasteiger charge is -2.30. The Morgan fingerprint density at radius 1 is 1.31 bits per heavy atom.